The first-order valence-corrected chi connectivity index (χ1v) is 6.62. The summed E-state index contributed by atoms with van der Waals surface area (Å²) in [6, 6.07) is 0. The molecular formula is C10H22O4Si. The number of hydrogen-bond donors (Lipinski definition) is 0. The van der Waals surface area contributed by atoms with Gasteiger partial charge in [-0.1, -0.05) is 19.9 Å². The van der Waals surface area contributed by atoms with Gasteiger partial charge in [0, 0.05) is 21.3 Å². The zero-order chi connectivity index (χ0) is 11.9. The van der Waals surface area contributed by atoms with Gasteiger partial charge in [-0.3, -0.25) is 0 Å². The van der Waals surface area contributed by atoms with Crippen molar-refractivity contribution in [3.8, 4) is 0 Å². The molecule has 15 heavy (non-hydrogen) atoms. The maximum atomic E-state index is 5.70. The second-order valence-corrected chi connectivity index (χ2v) is 6.09. The fourth-order valence-corrected chi connectivity index (χ4v) is 2.59. The summed E-state index contributed by atoms with van der Waals surface area (Å²) in [6.07, 6.45) is 2.52. The molecule has 1 atom stereocenters. The van der Waals surface area contributed by atoms with E-state index in [0.29, 0.717) is 5.92 Å². The van der Waals surface area contributed by atoms with Gasteiger partial charge in [-0.05, 0) is 12.3 Å². The maximum Gasteiger partial charge on any atom is 0.679 e. The highest BCUT2D eigenvalue weighted by molar-refractivity contribution is 6.53. The predicted molar refractivity (Wildman–Crippen MR) is 61.3 cm³/mol. The Morgan fingerprint density at radius 3 is 1.87 bits per heavy atom. The van der Waals surface area contributed by atoms with Gasteiger partial charge in [-0.2, -0.15) is 0 Å². The molecule has 5 heteroatoms. The van der Waals surface area contributed by atoms with Crippen molar-refractivity contribution in [3.63, 3.8) is 0 Å². The van der Waals surface area contributed by atoms with Gasteiger partial charge in [0.1, 0.15) is 0 Å². The van der Waals surface area contributed by atoms with E-state index < -0.39 is 9.05 Å². The van der Waals surface area contributed by atoms with Crippen LogP contribution in [0.15, 0.2) is 12.7 Å². The van der Waals surface area contributed by atoms with Crippen molar-refractivity contribution in [3.05, 3.63) is 12.7 Å². The average molecular weight is 234 g/mol. The Hall–Kier alpha value is -0.203. The van der Waals surface area contributed by atoms with Gasteiger partial charge in [0.05, 0.1) is 6.10 Å². The monoisotopic (exact) mass is 234 g/mol. The second-order valence-electron chi connectivity index (χ2n) is 3.63. The molecule has 1 unspecified atom stereocenters. The zero-order valence-corrected chi connectivity index (χ0v) is 11.3. The van der Waals surface area contributed by atoms with Gasteiger partial charge >= 0.3 is 9.05 Å². The van der Waals surface area contributed by atoms with Crippen molar-refractivity contribution in [2.45, 2.75) is 26.4 Å². The number of hydrogen-bond acceptors (Lipinski definition) is 4. The first kappa shape index (κ1) is 14.8. The molecule has 0 aromatic rings. The molecule has 0 N–H and O–H groups in total. The second kappa shape index (κ2) is 7.13. The third-order valence-electron chi connectivity index (χ3n) is 2.01. The lowest BCUT2D eigenvalue weighted by atomic mass is 10.1. The Morgan fingerprint density at radius 1 is 1.13 bits per heavy atom. The Morgan fingerprint density at radius 2 is 1.60 bits per heavy atom. The highest BCUT2D eigenvalue weighted by Gasteiger charge is 2.44. The molecule has 0 aromatic heterocycles. The molecule has 0 saturated heterocycles. The zero-order valence-electron chi connectivity index (χ0n) is 10.3. The summed E-state index contributed by atoms with van der Waals surface area (Å²) in [5, 5.41) is 0. The van der Waals surface area contributed by atoms with Crippen LogP contribution in [0.4, 0.5) is 0 Å². The molecular weight excluding hydrogens is 212 g/mol. The van der Waals surface area contributed by atoms with Gasteiger partial charge < -0.3 is 17.7 Å². The van der Waals surface area contributed by atoms with Crippen LogP contribution in [-0.2, 0) is 17.7 Å². The maximum absolute atomic E-state index is 5.70. The van der Waals surface area contributed by atoms with Crippen LogP contribution in [0.1, 0.15) is 20.3 Å². The van der Waals surface area contributed by atoms with Crippen LogP contribution in [0.25, 0.3) is 0 Å². The molecule has 90 valence electrons. The average Bonchev–Trinajstić information content (AvgIpc) is 2.24. The summed E-state index contributed by atoms with van der Waals surface area (Å²) in [7, 11) is 1.63. The van der Waals surface area contributed by atoms with Gasteiger partial charge in [-0.15, -0.1) is 6.58 Å². The van der Waals surface area contributed by atoms with E-state index in [1.165, 1.54) is 21.3 Å². The molecule has 0 radical (unpaired) electrons. The Bertz CT molecular complexity index is 172. The summed E-state index contributed by atoms with van der Waals surface area (Å²) in [6.45, 7) is 7.97. The number of rotatable bonds is 8. The van der Waals surface area contributed by atoms with Crippen molar-refractivity contribution in [2.75, 3.05) is 21.3 Å². The summed E-state index contributed by atoms with van der Waals surface area (Å²) in [5.41, 5.74) is 0. The van der Waals surface area contributed by atoms with Gasteiger partial charge in [0.25, 0.3) is 0 Å². The van der Waals surface area contributed by atoms with Crippen LogP contribution in [0.2, 0.25) is 0 Å². The smallest absolute Gasteiger partial charge is 0.355 e. The molecule has 0 aliphatic carbocycles. The topological polar surface area (TPSA) is 36.9 Å². The standard InChI is InChI=1S/C10H22O4Si/c1-7-10(8-9(2)3)14-15(11-4,12-5)13-6/h7,9-10H,1,8H2,2-6H3. The Balaban J connectivity index is 4.40. The Kier molecular flexibility index (Phi) is 7.04. The van der Waals surface area contributed by atoms with E-state index in [4.69, 9.17) is 17.7 Å². The fraction of sp³-hybridized carbons (Fsp3) is 0.800. The molecule has 0 bridgehead atoms. The van der Waals surface area contributed by atoms with Crippen LogP contribution in [0, 0.1) is 5.92 Å². The first-order chi connectivity index (χ1) is 7.03. The van der Waals surface area contributed by atoms with Crippen LogP contribution in [-0.4, -0.2) is 36.5 Å². The van der Waals surface area contributed by atoms with Crippen LogP contribution >= 0.6 is 0 Å². The highest BCUT2D eigenvalue weighted by Crippen LogP contribution is 2.17. The quantitative estimate of drug-likeness (QED) is 0.475. The molecule has 0 saturated carbocycles. The normalized spacial score (nSPS) is 14.3. The molecule has 0 aliphatic rings. The lowest BCUT2D eigenvalue weighted by molar-refractivity contribution is -0.0145. The summed E-state index contributed by atoms with van der Waals surface area (Å²) >= 11 is 0. The predicted octanol–water partition coefficient (Wildman–Crippen LogP) is 1.98. The molecule has 0 fully saturated rings. The first-order valence-electron chi connectivity index (χ1n) is 4.99. The molecule has 4 nitrogen and oxygen atoms in total. The van der Waals surface area contributed by atoms with Crippen LogP contribution < -0.4 is 0 Å². The Labute approximate surface area is 93.7 Å². The van der Waals surface area contributed by atoms with E-state index in [0.717, 1.165) is 6.42 Å². The fourth-order valence-electron chi connectivity index (χ4n) is 1.24. The van der Waals surface area contributed by atoms with Crippen LogP contribution in [0.3, 0.4) is 0 Å². The summed E-state index contributed by atoms with van der Waals surface area (Å²) in [5.74, 6) is 0.519. The molecule has 0 rings (SSSR count). The van der Waals surface area contributed by atoms with Gasteiger partial charge in [-0.25, -0.2) is 0 Å². The van der Waals surface area contributed by atoms with E-state index in [1.54, 1.807) is 6.08 Å². The minimum absolute atomic E-state index is 0.100. The van der Waals surface area contributed by atoms with E-state index in [9.17, 15) is 0 Å². The van der Waals surface area contributed by atoms with Gasteiger partial charge in [0.15, 0.2) is 0 Å². The molecule has 0 aromatic carbocycles. The van der Waals surface area contributed by atoms with Crippen LogP contribution in [0.5, 0.6) is 0 Å². The minimum atomic E-state index is -2.94. The third-order valence-corrected chi connectivity index (χ3v) is 4.10. The van der Waals surface area contributed by atoms with E-state index in [1.807, 2.05) is 0 Å². The SMILES string of the molecule is C=CC(CC(C)C)O[Si](OC)(OC)OC. The van der Waals surface area contributed by atoms with Crippen molar-refractivity contribution in [2.24, 2.45) is 5.92 Å². The lowest BCUT2D eigenvalue weighted by Crippen LogP contribution is -2.48. The van der Waals surface area contributed by atoms with Gasteiger partial charge in [0.2, 0.25) is 0 Å². The highest BCUT2D eigenvalue weighted by atomic mass is 28.4. The minimum Gasteiger partial charge on any atom is -0.355 e. The molecule has 0 amide bonds. The van der Waals surface area contributed by atoms with Crippen molar-refractivity contribution >= 4 is 9.05 Å². The van der Waals surface area contributed by atoms with E-state index in [2.05, 4.69) is 20.4 Å². The molecule has 0 spiro atoms. The molecule has 0 heterocycles. The summed E-state index contributed by atoms with van der Waals surface area (Å²) in [4.78, 5) is 0. The van der Waals surface area contributed by atoms with Crippen molar-refractivity contribution in [1.82, 2.24) is 0 Å². The van der Waals surface area contributed by atoms with E-state index in [-0.39, 0.29) is 6.10 Å². The van der Waals surface area contributed by atoms with Crippen molar-refractivity contribution in [1.29, 1.82) is 0 Å². The van der Waals surface area contributed by atoms with E-state index >= 15 is 0 Å². The van der Waals surface area contributed by atoms with Crippen molar-refractivity contribution < 1.29 is 17.7 Å². The largest absolute Gasteiger partial charge is 0.679 e. The third kappa shape index (κ3) is 4.90. The summed E-state index contributed by atoms with van der Waals surface area (Å²) < 4.78 is 21.2. The molecule has 0 aliphatic heterocycles. The lowest BCUT2D eigenvalue weighted by Gasteiger charge is -2.27.